The minimum atomic E-state index is -4.51. The molecule has 0 radical (unpaired) electrons. The molecule has 6 nitrogen and oxygen atoms in total. The molecule has 0 aliphatic rings. The molecule has 0 amide bonds. The van der Waals surface area contributed by atoms with Crippen LogP contribution in [0.1, 0.15) is 16.9 Å². The first-order valence-corrected chi connectivity index (χ1v) is 9.42. The second-order valence-corrected chi connectivity index (χ2v) is 7.48. The number of hydrogen-bond donors (Lipinski definition) is 0. The van der Waals surface area contributed by atoms with E-state index in [1.807, 2.05) is 13.8 Å². The van der Waals surface area contributed by atoms with Crippen LogP contribution in [0.4, 0.5) is 13.2 Å². The topological polar surface area (TPSA) is 70.4 Å². The van der Waals surface area contributed by atoms with Gasteiger partial charge in [0.1, 0.15) is 4.83 Å². The average Bonchev–Trinajstić information content (AvgIpc) is 2.94. The van der Waals surface area contributed by atoms with Crippen molar-refractivity contribution in [1.29, 1.82) is 0 Å². The fraction of sp³-hybridized carbons (Fsp3) is 0.316. The highest BCUT2D eigenvalue weighted by atomic mass is 32.1. The van der Waals surface area contributed by atoms with Crippen molar-refractivity contribution in [2.75, 3.05) is 6.61 Å². The highest BCUT2D eigenvalue weighted by molar-refractivity contribution is 7.18. The van der Waals surface area contributed by atoms with Gasteiger partial charge in [-0.25, -0.2) is 4.98 Å². The lowest BCUT2D eigenvalue weighted by Crippen LogP contribution is -2.23. The van der Waals surface area contributed by atoms with Crippen LogP contribution in [0.3, 0.4) is 0 Å². The molecule has 29 heavy (non-hydrogen) atoms. The second kappa shape index (κ2) is 8.24. The number of ether oxygens (including phenoxy) is 2. The van der Waals surface area contributed by atoms with Gasteiger partial charge in [-0.05, 0) is 31.5 Å². The largest absolute Gasteiger partial charge is 0.480 e. The maximum absolute atomic E-state index is 12.6. The van der Waals surface area contributed by atoms with Crippen molar-refractivity contribution in [1.82, 2.24) is 9.55 Å². The van der Waals surface area contributed by atoms with E-state index < -0.39 is 18.8 Å². The Balaban J connectivity index is 1.68. The minimum absolute atomic E-state index is 0.0283. The highest BCUT2D eigenvalue weighted by Crippen LogP contribution is 2.29. The summed E-state index contributed by atoms with van der Waals surface area (Å²) in [6.07, 6.45) is -3.31. The Hall–Kier alpha value is -2.88. The molecule has 0 atom stereocenters. The van der Waals surface area contributed by atoms with Crippen LogP contribution in [-0.2, 0) is 11.3 Å². The Kier molecular flexibility index (Phi) is 5.92. The number of benzene rings is 1. The molecule has 0 aliphatic heterocycles. The van der Waals surface area contributed by atoms with Gasteiger partial charge in [0.05, 0.1) is 18.1 Å². The summed E-state index contributed by atoms with van der Waals surface area (Å²) in [6.45, 7) is 2.28. The molecular weight excluding hydrogens is 409 g/mol. The van der Waals surface area contributed by atoms with E-state index in [2.05, 4.69) is 9.72 Å². The molecule has 0 saturated heterocycles. The lowest BCUT2D eigenvalue weighted by Gasteiger charge is -2.13. The number of nitrogens with zero attached hydrogens (tertiary/aromatic N) is 2. The maximum atomic E-state index is 12.6. The van der Waals surface area contributed by atoms with Gasteiger partial charge >= 0.3 is 12.1 Å². The number of thiophene rings is 1. The Morgan fingerprint density at radius 1 is 1.21 bits per heavy atom. The summed E-state index contributed by atoms with van der Waals surface area (Å²) in [7, 11) is 0. The van der Waals surface area contributed by atoms with Gasteiger partial charge in [0, 0.05) is 11.4 Å². The van der Waals surface area contributed by atoms with E-state index in [1.54, 1.807) is 0 Å². The van der Waals surface area contributed by atoms with E-state index in [-0.39, 0.29) is 30.0 Å². The molecule has 0 aliphatic carbocycles. The summed E-state index contributed by atoms with van der Waals surface area (Å²) in [5.41, 5.74) is 0.605. The number of alkyl halides is 3. The molecule has 0 fully saturated rings. The first-order chi connectivity index (χ1) is 13.7. The molecule has 0 N–H and O–H groups in total. The molecule has 0 saturated carbocycles. The molecule has 3 aromatic rings. The van der Waals surface area contributed by atoms with Gasteiger partial charge in [-0.1, -0.05) is 12.1 Å². The number of aromatic nitrogens is 2. The number of rotatable bonds is 6. The van der Waals surface area contributed by atoms with Crippen LogP contribution in [-0.4, -0.2) is 28.3 Å². The number of fused-ring (bicyclic) bond motifs is 1. The maximum Gasteiger partial charge on any atom is 0.422 e. The predicted octanol–water partition coefficient (Wildman–Crippen LogP) is 4.01. The Labute approximate surface area is 167 Å². The van der Waals surface area contributed by atoms with Gasteiger partial charge in [-0.2, -0.15) is 13.2 Å². The average molecular weight is 426 g/mol. The Morgan fingerprint density at radius 2 is 1.90 bits per heavy atom. The van der Waals surface area contributed by atoms with Crippen molar-refractivity contribution < 1.29 is 27.4 Å². The standard InChI is InChI=1S/C19H17F3N2O4S/c1-11-12(2)29-17-16(11)18(26)24(10-23-17)8-7-15(25)28-14-6-4-3-5-13(14)27-9-19(20,21)22/h3-6,10H,7-9H2,1-2H3. The molecule has 154 valence electrons. The quantitative estimate of drug-likeness (QED) is 0.440. The van der Waals surface area contributed by atoms with Gasteiger partial charge in [0.2, 0.25) is 0 Å². The lowest BCUT2D eigenvalue weighted by atomic mass is 10.2. The van der Waals surface area contributed by atoms with Crippen molar-refractivity contribution in [3.8, 4) is 11.5 Å². The number of para-hydroxylation sites is 2. The zero-order chi connectivity index (χ0) is 21.2. The van der Waals surface area contributed by atoms with Gasteiger partial charge in [-0.3, -0.25) is 14.2 Å². The third kappa shape index (κ3) is 4.94. The van der Waals surface area contributed by atoms with Gasteiger partial charge < -0.3 is 9.47 Å². The Bertz CT molecular complexity index is 1110. The monoisotopic (exact) mass is 426 g/mol. The first kappa shape index (κ1) is 20.8. The molecule has 0 spiro atoms. The van der Waals surface area contributed by atoms with Crippen molar-refractivity contribution in [2.45, 2.75) is 33.0 Å². The van der Waals surface area contributed by atoms with Crippen LogP contribution < -0.4 is 15.0 Å². The minimum Gasteiger partial charge on any atom is -0.480 e. The molecule has 2 heterocycles. The highest BCUT2D eigenvalue weighted by Gasteiger charge is 2.29. The fourth-order valence-electron chi connectivity index (χ4n) is 2.63. The van der Waals surface area contributed by atoms with E-state index in [0.29, 0.717) is 10.2 Å². The molecule has 0 bridgehead atoms. The summed E-state index contributed by atoms with van der Waals surface area (Å²) in [6, 6.07) is 5.58. The molecule has 1 aromatic carbocycles. The summed E-state index contributed by atoms with van der Waals surface area (Å²) >= 11 is 1.43. The van der Waals surface area contributed by atoms with E-state index in [0.717, 1.165) is 10.4 Å². The first-order valence-electron chi connectivity index (χ1n) is 8.60. The SMILES string of the molecule is Cc1sc2ncn(CCC(=O)Oc3ccccc3OCC(F)(F)F)c(=O)c2c1C. The molecular formula is C19H17F3N2O4S. The number of carbonyl (C=O) groups is 1. The third-order valence-electron chi connectivity index (χ3n) is 4.18. The van der Waals surface area contributed by atoms with Crippen LogP contribution in [0.25, 0.3) is 10.2 Å². The smallest absolute Gasteiger partial charge is 0.422 e. The molecule has 2 aromatic heterocycles. The van der Waals surface area contributed by atoms with E-state index in [4.69, 9.17) is 4.74 Å². The second-order valence-electron chi connectivity index (χ2n) is 6.28. The van der Waals surface area contributed by atoms with Crippen molar-refractivity contribution in [2.24, 2.45) is 0 Å². The van der Waals surface area contributed by atoms with Gasteiger partial charge in [0.25, 0.3) is 5.56 Å². The molecule has 3 rings (SSSR count). The summed E-state index contributed by atoms with van der Waals surface area (Å²) in [5.74, 6) is -1.02. The van der Waals surface area contributed by atoms with Gasteiger partial charge in [0.15, 0.2) is 18.1 Å². The summed E-state index contributed by atoms with van der Waals surface area (Å²) < 4.78 is 48.2. The Morgan fingerprint density at radius 3 is 2.59 bits per heavy atom. The zero-order valence-electron chi connectivity index (χ0n) is 15.6. The number of aryl methyl sites for hydroxylation is 3. The number of esters is 1. The lowest BCUT2D eigenvalue weighted by molar-refractivity contribution is -0.153. The normalized spacial score (nSPS) is 11.6. The van der Waals surface area contributed by atoms with Crippen molar-refractivity contribution in [3.05, 3.63) is 51.4 Å². The zero-order valence-corrected chi connectivity index (χ0v) is 16.4. The van der Waals surface area contributed by atoms with Crippen LogP contribution in [0, 0.1) is 13.8 Å². The summed E-state index contributed by atoms with van der Waals surface area (Å²) in [5, 5.41) is 0.522. The van der Waals surface area contributed by atoms with Crippen LogP contribution in [0.2, 0.25) is 0 Å². The van der Waals surface area contributed by atoms with Crippen LogP contribution in [0.5, 0.6) is 11.5 Å². The van der Waals surface area contributed by atoms with Crippen molar-refractivity contribution >= 4 is 27.5 Å². The fourth-order valence-corrected chi connectivity index (χ4v) is 3.62. The summed E-state index contributed by atoms with van der Waals surface area (Å²) in [4.78, 5) is 30.7. The number of carbonyl (C=O) groups excluding carboxylic acids is 1. The molecule has 10 heteroatoms. The van der Waals surface area contributed by atoms with E-state index in [1.165, 1.54) is 46.5 Å². The van der Waals surface area contributed by atoms with Crippen molar-refractivity contribution in [3.63, 3.8) is 0 Å². The number of hydrogen-bond acceptors (Lipinski definition) is 6. The van der Waals surface area contributed by atoms with Gasteiger partial charge in [-0.15, -0.1) is 11.3 Å². The van der Waals surface area contributed by atoms with Crippen LogP contribution in [0.15, 0.2) is 35.4 Å². The molecule has 0 unspecified atom stereocenters. The number of halogens is 3. The van der Waals surface area contributed by atoms with Crippen LogP contribution >= 0.6 is 11.3 Å². The van der Waals surface area contributed by atoms with E-state index in [9.17, 15) is 22.8 Å². The predicted molar refractivity (Wildman–Crippen MR) is 102 cm³/mol. The third-order valence-corrected chi connectivity index (χ3v) is 5.29. The van der Waals surface area contributed by atoms with E-state index >= 15 is 0 Å².